The van der Waals surface area contributed by atoms with E-state index in [9.17, 15) is 4.79 Å². The van der Waals surface area contributed by atoms with Crippen molar-refractivity contribution in [2.45, 2.75) is 64.2 Å². The number of nitrogens with two attached hydrogens (primary N) is 1. The Morgan fingerprint density at radius 2 is 2.03 bits per heavy atom. The quantitative estimate of drug-likeness (QED) is 0.768. The number of ether oxygens (including phenoxy) is 2. The smallest absolute Gasteiger partial charge is 0.274 e. The lowest BCUT2D eigenvalue weighted by Crippen LogP contribution is -2.29. The van der Waals surface area contributed by atoms with Gasteiger partial charge < -0.3 is 20.5 Å². The maximum atomic E-state index is 13.1. The number of para-hydroxylation sites is 1. The lowest BCUT2D eigenvalue weighted by atomic mass is 10.0. The van der Waals surface area contributed by atoms with Gasteiger partial charge in [0.15, 0.2) is 5.79 Å². The number of amides is 1. The molecule has 1 amide bonds. The highest BCUT2D eigenvalue weighted by molar-refractivity contribution is 6.05. The first kappa shape index (κ1) is 19.9. The molecule has 156 valence electrons. The van der Waals surface area contributed by atoms with Crippen LogP contribution >= 0.6 is 0 Å². The molecule has 1 aromatic carbocycles. The number of nitrogen functional groups attached to an aromatic ring is 1. The van der Waals surface area contributed by atoms with Crippen LogP contribution < -0.4 is 11.1 Å². The molecule has 1 aliphatic carbocycles. The van der Waals surface area contributed by atoms with Gasteiger partial charge in [-0.2, -0.15) is 5.10 Å². The molecule has 1 spiro atoms. The van der Waals surface area contributed by atoms with Crippen molar-refractivity contribution < 1.29 is 14.3 Å². The molecule has 1 unspecified atom stereocenters. The van der Waals surface area contributed by atoms with Gasteiger partial charge in [0.25, 0.3) is 5.91 Å². The molecule has 2 fully saturated rings. The Kier molecular flexibility index (Phi) is 4.91. The monoisotopic (exact) mass is 398 g/mol. The van der Waals surface area contributed by atoms with Crippen molar-refractivity contribution in [3.05, 3.63) is 41.2 Å². The molecule has 7 heteroatoms. The number of anilines is 2. The second kappa shape index (κ2) is 7.15. The summed E-state index contributed by atoms with van der Waals surface area (Å²) in [4.78, 5) is 13.1. The van der Waals surface area contributed by atoms with Crippen LogP contribution in [0.15, 0.2) is 24.3 Å². The predicted molar refractivity (Wildman–Crippen MR) is 112 cm³/mol. The topological polar surface area (TPSA) is 91.4 Å². The maximum absolute atomic E-state index is 13.1. The molecule has 3 N–H and O–H groups in total. The van der Waals surface area contributed by atoms with Gasteiger partial charge in [-0.1, -0.05) is 12.1 Å². The van der Waals surface area contributed by atoms with Gasteiger partial charge in [-0.15, -0.1) is 0 Å². The third-order valence-electron chi connectivity index (χ3n) is 5.83. The average Bonchev–Trinajstić information content (AvgIpc) is 3.39. The van der Waals surface area contributed by atoms with E-state index in [0.717, 1.165) is 30.5 Å². The molecule has 0 radical (unpaired) electrons. The van der Waals surface area contributed by atoms with E-state index in [-0.39, 0.29) is 17.4 Å². The van der Waals surface area contributed by atoms with Crippen molar-refractivity contribution in [1.29, 1.82) is 0 Å². The third kappa shape index (κ3) is 3.76. The van der Waals surface area contributed by atoms with Crippen LogP contribution in [0.25, 0.3) is 0 Å². The molecule has 1 atom stereocenters. The summed E-state index contributed by atoms with van der Waals surface area (Å²) in [5, 5.41) is 7.79. The molecule has 7 nitrogen and oxygen atoms in total. The van der Waals surface area contributed by atoms with E-state index in [1.54, 1.807) is 0 Å². The van der Waals surface area contributed by atoms with Crippen molar-refractivity contribution in [2.75, 3.05) is 24.3 Å². The minimum atomic E-state index is -0.464. The van der Waals surface area contributed by atoms with Crippen LogP contribution in [0.2, 0.25) is 0 Å². The van der Waals surface area contributed by atoms with Gasteiger partial charge in [0.05, 0.1) is 35.8 Å². The fraction of sp³-hybridized carbons (Fsp3) is 0.545. The summed E-state index contributed by atoms with van der Waals surface area (Å²) in [6.45, 7) is 9.35. The zero-order valence-corrected chi connectivity index (χ0v) is 17.6. The van der Waals surface area contributed by atoms with E-state index in [4.69, 9.17) is 20.3 Å². The van der Waals surface area contributed by atoms with Crippen molar-refractivity contribution in [1.82, 2.24) is 9.78 Å². The Morgan fingerprint density at radius 1 is 1.31 bits per heavy atom. The summed E-state index contributed by atoms with van der Waals surface area (Å²) in [6, 6.07) is 7.53. The predicted octanol–water partition coefficient (Wildman–Crippen LogP) is 3.79. The van der Waals surface area contributed by atoms with Crippen LogP contribution in [0.4, 0.5) is 11.4 Å². The Morgan fingerprint density at radius 3 is 2.72 bits per heavy atom. The number of nitrogens with one attached hydrogen (secondary N) is 1. The summed E-state index contributed by atoms with van der Waals surface area (Å²) < 4.78 is 13.5. The number of carbonyl (C=O) groups excluding carboxylic acids is 1. The van der Waals surface area contributed by atoms with Crippen LogP contribution in [0.5, 0.6) is 0 Å². The number of aryl methyl sites for hydroxylation is 1. The molecule has 1 aliphatic heterocycles. The highest BCUT2D eigenvalue weighted by Gasteiger charge is 2.45. The Hall–Kier alpha value is -2.38. The van der Waals surface area contributed by atoms with Gasteiger partial charge in [-0.25, -0.2) is 0 Å². The summed E-state index contributed by atoms with van der Waals surface area (Å²) >= 11 is 0. The SMILES string of the molecule is Cc1cccc(NC(=O)c2cc(C3CCC4(C3)OCCO4)nn2C(C)(C)C)c1N. The summed E-state index contributed by atoms with van der Waals surface area (Å²) in [7, 11) is 0. The summed E-state index contributed by atoms with van der Waals surface area (Å²) in [6.07, 6.45) is 2.58. The summed E-state index contributed by atoms with van der Waals surface area (Å²) in [5.74, 6) is -0.460. The first-order valence-corrected chi connectivity index (χ1v) is 10.2. The average molecular weight is 399 g/mol. The molecule has 4 rings (SSSR count). The zero-order chi connectivity index (χ0) is 20.8. The molecule has 1 aromatic heterocycles. The maximum Gasteiger partial charge on any atom is 0.274 e. The number of aromatic nitrogens is 2. The van der Waals surface area contributed by atoms with Crippen LogP contribution in [-0.4, -0.2) is 34.7 Å². The normalized spacial score (nSPS) is 21.0. The Bertz CT molecular complexity index is 923. The molecule has 2 aromatic rings. The number of benzene rings is 1. The molecular weight excluding hydrogens is 368 g/mol. The number of nitrogens with zero attached hydrogens (tertiary/aromatic N) is 2. The van der Waals surface area contributed by atoms with Crippen molar-refractivity contribution >= 4 is 17.3 Å². The van der Waals surface area contributed by atoms with Gasteiger partial charge >= 0.3 is 0 Å². The fourth-order valence-electron chi connectivity index (χ4n) is 4.23. The number of carbonyl (C=O) groups is 1. The number of hydrogen-bond acceptors (Lipinski definition) is 5. The summed E-state index contributed by atoms with van der Waals surface area (Å²) in [5.41, 5.74) is 9.38. The molecule has 1 saturated carbocycles. The van der Waals surface area contributed by atoms with Gasteiger partial charge in [-0.05, 0) is 51.8 Å². The van der Waals surface area contributed by atoms with E-state index in [0.29, 0.717) is 30.3 Å². The standard InChI is InChI=1S/C22H30N4O3/c1-14-6-5-7-16(19(14)23)24-20(27)18-12-17(25-26(18)21(2,3)4)15-8-9-22(13-15)28-10-11-29-22/h5-7,12,15H,8-11,13,23H2,1-4H3,(H,24,27). The van der Waals surface area contributed by atoms with Crippen LogP contribution in [0.1, 0.15) is 67.7 Å². The highest BCUT2D eigenvalue weighted by Crippen LogP contribution is 2.45. The second-order valence-electron chi connectivity index (χ2n) is 9.07. The van der Waals surface area contributed by atoms with Crippen molar-refractivity contribution in [2.24, 2.45) is 0 Å². The molecular formula is C22H30N4O3. The number of hydrogen-bond donors (Lipinski definition) is 2. The van der Waals surface area contributed by atoms with Gasteiger partial charge in [-0.3, -0.25) is 9.48 Å². The largest absolute Gasteiger partial charge is 0.397 e. The van der Waals surface area contributed by atoms with Crippen molar-refractivity contribution in [3.8, 4) is 0 Å². The van der Waals surface area contributed by atoms with E-state index in [1.165, 1.54) is 0 Å². The lowest BCUT2D eigenvalue weighted by Gasteiger charge is -2.22. The van der Waals surface area contributed by atoms with E-state index in [1.807, 2.05) is 56.6 Å². The van der Waals surface area contributed by atoms with Gasteiger partial charge in [0.2, 0.25) is 0 Å². The third-order valence-corrected chi connectivity index (χ3v) is 5.83. The van der Waals surface area contributed by atoms with Crippen LogP contribution in [0, 0.1) is 6.92 Å². The minimum Gasteiger partial charge on any atom is -0.397 e. The zero-order valence-electron chi connectivity index (χ0n) is 17.6. The van der Waals surface area contributed by atoms with Crippen molar-refractivity contribution in [3.63, 3.8) is 0 Å². The molecule has 29 heavy (non-hydrogen) atoms. The highest BCUT2D eigenvalue weighted by atomic mass is 16.7. The Labute approximate surface area is 171 Å². The fourth-order valence-corrected chi connectivity index (χ4v) is 4.23. The molecule has 2 heterocycles. The lowest BCUT2D eigenvalue weighted by molar-refractivity contribution is -0.151. The Balaban J connectivity index is 1.62. The van der Waals surface area contributed by atoms with E-state index >= 15 is 0 Å². The van der Waals surface area contributed by atoms with Crippen LogP contribution in [0.3, 0.4) is 0 Å². The second-order valence-corrected chi connectivity index (χ2v) is 9.07. The molecule has 2 aliphatic rings. The first-order chi connectivity index (χ1) is 13.7. The van der Waals surface area contributed by atoms with Gasteiger partial charge in [0, 0.05) is 18.8 Å². The minimum absolute atomic E-state index is 0.211. The van der Waals surface area contributed by atoms with E-state index < -0.39 is 5.79 Å². The van der Waals surface area contributed by atoms with Crippen LogP contribution in [-0.2, 0) is 15.0 Å². The van der Waals surface area contributed by atoms with Gasteiger partial charge in [0.1, 0.15) is 5.69 Å². The molecule has 1 saturated heterocycles. The number of rotatable bonds is 3. The van der Waals surface area contributed by atoms with E-state index in [2.05, 4.69) is 5.32 Å². The first-order valence-electron chi connectivity index (χ1n) is 10.2. The molecule has 0 bridgehead atoms.